The van der Waals surface area contributed by atoms with E-state index in [9.17, 15) is 9.59 Å². The van der Waals surface area contributed by atoms with Gasteiger partial charge in [-0.25, -0.2) is 0 Å². The summed E-state index contributed by atoms with van der Waals surface area (Å²) in [6.45, 7) is 0.577. The van der Waals surface area contributed by atoms with E-state index in [1.165, 1.54) is 0 Å². The molecular formula is C17H16Cl2N2O2. The first kappa shape index (κ1) is 16.1. The Hall–Kier alpha value is -1.78. The first-order valence-electron chi connectivity index (χ1n) is 7.51. The third kappa shape index (κ3) is 3.43. The molecular weight excluding hydrogens is 335 g/mol. The number of nitrogens with zero attached hydrogens (tertiary/aromatic N) is 1. The lowest BCUT2D eigenvalue weighted by Crippen LogP contribution is -2.39. The molecule has 2 heterocycles. The number of aromatic nitrogens is 1. The Labute approximate surface area is 144 Å². The predicted molar refractivity (Wildman–Crippen MR) is 92.5 cm³/mol. The second-order valence-corrected chi connectivity index (χ2v) is 6.41. The first-order valence-corrected chi connectivity index (χ1v) is 8.26. The Bertz CT molecular complexity index is 801. The zero-order valence-corrected chi connectivity index (χ0v) is 14.0. The van der Waals surface area contributed by atoms with Crippen molar-refractivity contribution in [3.05, 3.63) is 62.0 Å². The molecule has 1 aromatic carbocycles. The minimum Gasteiger partial charge on any atom is -0.327 e. The van der Waals surface area contributed by atoms with Gasteiger partial charge in [-0.2, -0.15) is 0 Å². The number of amides is 1. The van der Waals surface area contributed by atoms with Crippen molar-refractivity contribution in [1.29, 1.82) is 0 Å². The van der Waals surface area contributed by atoms with Gasteiger partial charge in [-0.05, 0) is 48.6 Å². The van der Waals surface area contributed by atoms with Gasteiger partial charge in [0.25, 0.3) is 5.56 Å². The molecule has 6 heteroatoms. The van der Waals surface area contributed by atoms with Crippen LogP contribution in [0.4, 0.5) is 5.69 Å². The standard InChI is InChI=1S/C17H16Cl2N2O2/c18-13-5-3-11(14(19)10-13)4-6-15(22)21-9-1-2-12-7-8-20-17(23)16(12)21/h3,5,7-8,10H,1-2,4,6,9H2,(H,20,23). The van der Waals surface area contributed by atoms with Crippen LogP contribution in [-0.2, 0) is 17.6 Å². The average Bonchev–Trinajstić information content (AvgIpc) is 2.53. The van der Waals surface area contributed by atoms with E-state index in [1.807, 2.05) is 12.1 Å². The van der Waals surface area contributed by atoms with E-state index >= 15 is 0 Å². The number of carbonyl (C=O) groups is 1. The molecule has 23 heavy (non-hydrogen) atoms. The van der Waals surface area contributed by atoms with E-state index in [-0.39, 0.29) is 11.5 Å². The predicted octanol–water partition coefficient (Wildman–Crippen LogP) is 3.59. The van der Waals surface area contributed by atoms with Gasteiger partial charge in [0.1, 0.15) is 5.69 Å². The Morgan fingerprint density at radius 2 is 2.09 bits per heavy atom. The second kappa shape index (κ2) is 6.77. The number of halogens is 2. The van der Waals surface area contributed by atoms with Gasteiger partial charge >= 0.3 is 0 Å². The Morgan fingerprint density at radius 3 is 2.87 bits per heavy atom. The normalized spacial score (nSPS) is 13.7. The van der Waals surface area contributed by atoms with Crippen molar-refractivity contribution in [3.8, 4) is 0 Å². The van der Waals surface area contributed by atoms with Crippen molar-refractivity contribution in [2.45, 2.75) is 25.7 Å². The third-order valence-corrected chi connectivity index (χ3v) is 4.63. The summed E-state index contributed by atoms with van der Waals surface area (Å²) in [5.74, 6) is -0.0614. The van der Waals surface area contributed by atoms with Crippen LogP contribution in [-0.4, -0.2) is 17.4 Å². The average molecular weight is 351 g/mol. The lowest BCUT2D eigenvalue weighted by atomic mass is 10.0. The van der Waals surface area contributed by atoms with Gasteiger partial charge in [0.05, 0.1) is 0 Å². The van der Waals surface area contributed by atoms with Gasteiger partial charge in [0.2, 0.25) is 5.91 Å². The van der Waals surface area contributed by atoms with Crippen molar-refractivity contribution in [1.82, 2.24) is 4.98 Å². The lowest BCUT2D eigenvalue weighted by molar-refractivity contribution is -0.118. The van der Waals surface area contributed by atoms with E-state index < -0.39 is 0 Å². The summed E-state index contributed by atoms with van der Waals surface area (Å²) in [7, 11) is 0. The molecule has 0 aliphatic carbocycles. The summed E-state index contributed by atoms with van der Waals surface area (Å²) >= 11 is 12.0. The van der Waals surface area contributed by atoms with Crippen LogP contribution in [0, 0.1) is 0 Å². The van der Waals surface area contributed by atoms with Gasteiger partial charge in [0.15, 0.2) is 0 Å². The fourth-order valence-corrected chi connectivity index (χ4v) is 3.40. The topological polar surface area (TPSA) is 53.2 Å². The smallest absolute Gasteiger partial charge is 0.272 e. The number of fused-ring (bicyclic) bond motifs is 1. The minimum atomic E-state index is -0.208. The summed E-state index contributed by atoms with van der Waals surface area (Å²) in [6, 6.07) is 7.12. The molecule has 0 radical (unpaired) electrons. The first-order chi connectivity index (χ1) is 11.1. The van der Waals surface area contributed by atoms with Crippen LogP contribution >= 0.6 is 23.2 Å². The SMILES string of the molecule is O=C(CCc1ccc(Cl)cc1Cl)N1CCCc2cc[nH]c(=O)c21. The molecule has 0 spiro atoms. The quantitative estimate of drug-likeness (QED) is 0.919. The minimum absolute atomic E-state index is 0.0614. The number of hydrogen-bond donors (Lipinski definition) is 1. The molecule has 4 nitrogen and oxygen atoms in total. The molecule has 1 aromatic heterocycles. The summed E-state index contributed by atoms with van der Waals surface area (Å²) in [6.07, 6.45) is 4.14. The van der Waals surface area contributed by atoms with Crippen molar-refractivity contribution >= 4 is 34.8 Å². The lowest BCUT2D eigenvalue weighted by Gasteiger charge is -2.28. The van der Waals surface area contributed by atoms with Crippen LogP contribution in [0.3, 0.4) is 0 Å². The Balaban J connectivity index is 1.76. The highest BCUT2D eigenvalue weighted by molar-refractivity contribution is 6.35. The molecule has 1 aliphatic rings. The van der Waals surface area contributed by atoms with Crippen molar-refractivity contribution in [3.63, 3.8) is 0 Å². The fourth-order valence-electron chi connectivity index (χ4n) is 2.90. The van der Waals surface area contributed by atoms with Crippen LogP contribution < -0.4 is 10.5 Å². The molecule has 1 N–H and O–H groups in total. The number of benzene rings is 1. The molecule has 1 amide bonds. The largest absolute Gasteiger partial charge is 0.327 e. The zero-order valence-electron chi connectivity index (χ0n) is 12.4. The fraction of sp³-hybridized carbons (Fsp3) is 0.294. The van der Waals surface area contributed by atoms with E-state index in [4.69, 9.17) is 23.2 Å². The molecule has 0 fully saturated rings. The van der Waals surface area contributed by atoms with Gasteiger partial charge in [0, 0.05) is 29.2 Å². The highest BCUT2D eigenvalue weighted by Gasteiger charge is 2.24. The van der Waals surface area contributed by atoms with Gasteiger partial charge in [-0.15, -0.1) is 0 Å². The number of carbonyl (C=O) groups excluding carboxylic acids is 1. The summed E-state index contributed by atoms with van der Waals surface area (Å²) < 4.78 is 0. The van der Waals surface area contributed by atoms with E-state index in [0.717, 1.165) is 24.0 Å². The number of nitrogens with one attached hydrogen (secondary N) is 1. The maximum absolute atomic E-state index is 12.6. The maximum atomic E-state index is 12.6. The van der Waals surface area contributed by atoms with Crippen LogP contribution in [0.25, 0.3) is 0 Å². The molecule has 3 rings (SSSR count). The summed E-state index contributed by atoms with van der Waals surface area (Å²) in [4.78, 5) is 28.9. The van der Waals surface area contributed by atoms with Gasteiger partial charge < -0.3 is 9.88 Å². The van der Waals surface area contributed by atoms with Crippen LogP contribution in [0.1, 0.15) is 24.0 Å². The summed E-state index contributed by atoms with van der Waals surface area (Å²) in [5, 5.41) is 1.13. The van der Waals surface area contributed by atoms with Crippen LogP contribution in [0.5, 0.6) is 0 Å². The van der Waals surface area contributed by atoms with Crippen LogP contribution in [0.15, 0.2) is 35.3 Å². The van der Waals surface area contributed by atoms with E-state index in [1.54, 1.807) is 23.2 Å². The molecule has 0 bridgehead atoms. The van der Waals surface area contributed by atoms with Crippen LogP contribution in [0.2, 0.25) is 10.0 Å². The van der Waals surface area contributed by atoms with Gasteiger partial charge in [-0.3, -0.25) is 9.59 Å². The Kier molecular flexibility index (Phi) is 4.74. The molecule has 0 saturated heterocycles. The maximum Gasteiger partial charge on any atom is 0.272 e. The van der Waals surface area contributed by atoms with Crippen molar-refractivity contribution < 1.29 is 4.79 Å². The number of rotatable bonds is 3. The Morgan fingerprint density at radius 1 is 1.26 bits per heavy atom. The zero-order chi connectivity index (χ0) is 16.4. The second-order valence-electron chi connectivity index (χ2n) is 5.57. The van der Waals surface area contributed by atoms with E-state index in [2.05, 4.69) is 4.98 Å². The molecule has 0 atom stereocenters. The molecule has 1 aliphatic heterocycles. The molecule has 120 valence electrons. The van der Waals surface area contributed by atoms with Gasteiger partial charge in [-0.1, -0.05) is 29.3 Å². The van der Waals surface area contributed by atoms with Crippen molar-refractivity contribution in [2.24, 2.45) is 0 Å². The molecule has 0 unspecified atom stereocenters. The highest BCUT2D eigenvalue weighted by Crippen LogP contribution is 2.25. The van der Waals surface area contributed by atoms with Crippen molar-refractivity contribution in [2.75, 3.05) is 11.4 Å². The molecule has 2 aromatic rings. The number of aromatic amines is 1. The number of hydrogen-bond acceptors (Lipinski definition) is 2. The third-order valence-electron chi connectivity index (χ3n) is 4.04. The highest BCUT2D eigenvalue weighted by atomic mass is 35.5. The number of pyridine rings is 1. The number of aryl methyl sites for hydroxylation is 2. The molecule has 0 saturated carbocycles. The monoisotopic (exact) mass is 350 g/mol. The number of H-pyrrole nitrogens is 1. The summed E-state index contributed by atoms with van der Waals surface area (Å²) in [5.41, 5.74) is 2.09. The van der Waals surface area contributed by atoms with E-state index in [0.29, 0.717) is 35.1 Å². The number of anilines is 1.